The fourth-order valence-corrected chi connectivity index (χ4v) is 2.48. The molecule has 0 amide bonds. The van der Waals surface area contributed by atoms with Crippen LogP contribution in [0.5, 0.6) is 0 Å². The molecule has 0 spiro atoms. The van der Waals surface area contributed by atoms with Crippen molar-refractivity contribution in [2.24, 2.45) is 0 Å². The van der Waals surface area contributed by atoms with Gasteiger partial charge in [-0.25, -0.2) is 9.07 Å². The van der Waals surface area contributed by atoms with Crippen molar-refractivity contribution in [1.29, 1.82) is 5.26 Å². The van der Waals surface area contributed by atoms with E-state index in [4.69, 9.17) is 5.26 Å². The van der Waals surface area contributed by atoms with Crippen LogP contribution < -0.4 is 0 Å². The number of hydrogen-bond acceptors (Lipinski definition) is 3. The molecule has 0 saturated heterocycles. The number of aryl methyl sites for hydroxylation is 1. The van der Waals surface area contributed by atoms with E-state index in [1.54, 1.807) is 6.92 Å². The van der Waals surface area contributed by atoms with E-state index in [2.05, 4.69) is 5.10 Å². The summed E-state index contributed by atoms with van der Waals surface area (Å²) in [4.78, 5) is 11.5. The lowest BCUT2D eigenvalue weighted by molar-refractivity contribution is 0.112. The van der Waals surface area contributed by atoms with Gasteiger partial charge in [0.05, 0.1) is 28.6 Å². The third-order valence-electron chi connectivity index (χ3n) is 3.58. The number of hydrogen-bond donors (Lipinski definition) is 0. The van der Waals surface area contributed by atoms with E-state index in [0.29, 0.717) is 17.0 Å². The fraction of sp³-hybridized carbons (Fsp3) is 0.0556. The molecule has 5 heteroatoms. The Morgan fingerprint density at radius 1 is 1.22 bits per heavy atom. The predicted molar refractivity (Wildman–Crippen MR) is 83.8 cm³/mol. The molecule has 2 aromatic carbocycles. The lowest BCUT2D eigenvalue weighted by atomic mass is 10.1. The first kappa shape index (κ1) is 14.7. The van der Waals surface area contributed by atoms with Gasteiger partial charge in [-0.2, -0.15) is 10.4 Å². The van der Waals surface area contributed by atoms with Gasteiger partial charge in [0.25, 0.3) is 0 Å². The molecular formula is C18H12FN3O. The zero-order chi connectivity index (χ0) is 16.4. The number of benzene rings is 2. The van der Waals surface area contributed by atoms with Crippen molar-refractivity contribution in [1.82, 2.24) is 9.78 Å². The summed E-state index contributed by atoms with van der Waals surface area (Å²) in [6.07, 6.45) is 0.725. The van der Waals surface area contributed by atoms with Crippen LogP contribution in [0.1, 0.15) is 21.6 Å². The number of rotatable bonds is 3. The maximum absolute atomic E-state index is 14.4. The number of nitriles is 1. The van der Waals surface area contributed by atoms with Gasteiger partial charge in [0.1, 0.15) is 11.5 Å². The van der Waals surface area contributed by atoms with Crippen LogP contribution in [0.15, 0.2) is 48.5 Å². The molecule has 1 aromatic heterocycles. The molecule has 112 valence electrons. The normalized spacial score (nSPS) is 10.3. The minimum atomic E-state index is -0.568. The molecule has 0 saturated carbocycles. The second-order valence-electron chi connectivity index (χ2n) is 5.02. The first-order valence-corrected chi connectivity index (χ1v) is 6.96. The minimum Gasteiger partial charge on any atom is -0.298 e. The van der Waals surface area contributed by atoms with Crippen molar-refractivity contribution >= 4 is 6.29 Å². The molecule has 1 heterocycles. The average Bonchev–Trinajstić information content (AvgIpc) is 2.91. The van der Waals surface area contributed by atoms with Crippen molar-refractivity contribution in [3.05, 3.63) is 71.2 Å². The molecule has 0 aliphatic rings. The molecule has 23 heavy (non-hydrogen) atoms. The zero-order valence-electron chi connectivity index (χ0n) is 12.3. The Labute approximate surface area is 132 Å². The SMILES string of the molecule is Cc1nn(-c2ccc(C#N)cc2F)c(-c2ccccc2)c1C=O. The lowest BCUT2D eigenvalue weighted by Crippen LogP contribution is -2.03. The Morgan fingerprint density at radius 3 is 2.57 bits per heavy atom. The van der Waals surface area contributed by atoms with E-state index in [0.717, 1.165) is 17.9 Å². The molecular weight excluding hydrogens is 293 g/mol. The van der Waals surface area contributed by atoms with E-state index >= 15 is 0 Å². The third kappa shape index (κ3) is 2.51. The molecule has 0 N–H and O–H groups in total. The highest BCUT2D eigenvalue weighted by Crippen LogP contribution is 2.29. The van der Waals surface area contributed by atoms with Gasteiger partial charge in [-0.1, -0.05) is 30.3 Å². The highest BCUT2D eigenvalue weighted by molar-refractivity contribution is 5.88. The molecule has 0 aliphatic heterocycles. The summed E-state index contributed by atoms with van der Waals surface area (Å²) in [6, 6.07) is 15.3. The van der Waals surface area contributed by atoms with Gasteiger partial charge in [-0.3, -0.25) is 4.79 Å². The van der Waals surface area contributed by atoms with Crippen LogP contribution in [-0.4, -0.2) is 16.1 Å². The van der Waals surface area contributed by atoms with E-state index in [-0.39, 0.29) is 11.3 Å². The Kier molecular flexibility index (Phi) is 3.73. The van der Waals surface area contributed by atoms with E-state index in [1.807, 2.05) is 36.4 Å². The van der Waals surface area contributed by atoms with Gasteiger partial charge in [-0.15, -0.1) is 0 Å². The Bertz CT molecular complexity index is 923. The summed E-state index contributed by atoms with van der Waals surface area (Å²) in [5.41, 5.74) is 2.65. The Morgan fingerprint density at radius 2 is 1.96 bits per heavy atom. The van der Waals surface area contributed by atoms with Crippen LogP contribution >= 0.6 is 0 Å². The maximum Gasteiger partial charge on any atom is 0.154 e. The highest BCUT2D eigenvalue weighted by atomic mass is 19.1. The van der Waals surface area contributed by atoms with Crippen molar-refractivity contribution in [2.45, 2.75) is 6.92 Å². The molecule has 0 unspecified atom stereocenters. The molecule has 0 radical (unpaired) electrons. The number of aldehydes is 1. The predicted octanol–water partition coefficient (Wildman–Crippen LogP) is 3.67. The van der Waals surface area contributed by atoms with Gasteiger partial charge in [-0.05, 0) is 25.1 Å². The summed E-state index contributed by atoms with van der Waals surface area (Å²) in [6.45, 7) is 1.70. The summed E-state index contributed by atoms with van der Waals surface area (Å²) in [7, 11) is 0. The van der Waals surface area contributed by atoms with Gasteiger partial charge in [0, 0.05) is 5.56 Å². The van der Waals surface area contributed by atoms with Gasteiger partial charge in [0.15, 0.2) is 6.29 Å². The van der Waals surface area contributed by atoms with Crippen molar-refractivity contribution in [2.75, 3.05) is 0 Å². The van der Waals surface area contributed by atoms with Crippen LogP contribution in [0.3, 0.4) is 0 Å². The van der Waals surface area contributed by atoms with Crippen LogP contribution in [0.25, 0.3) is 16.9 Å². The number of carbonyl (C=O) groups is 1. The molecule has 0 aliphatic carbocycles. The summed E-state index contributed by atoms with van der Waals surface area (Å²) < 4.78 is 15.8. The van der Waals surface area contributed by atoms with Gasteiger partial charge < -0.3 is 0 Å². The largest absolute Gasteiger partial charge is 0.298 e. The van der Waals surface area contributed by atoms with Crippen LogP contribution in [-0.2, 0) is 0 Å². The summed E-state index contributed by atoms with van der Waals surface area (Å²) in [5, 5.41) is 13.2. The number of carbonyl (C=O) groups excluding carboxylic acids is 1. The van der Waals surface area contributed by atoms with Gasteiger partial charge in [0.2, 0.25) is 0 Å². The first-order chi connectivity index (χ1) is 11.2. The van der Waals surface area contributed by atoms with Crippen LogP contribution in [0.2, 0.25) is 0 Å². The molecule has 4 nitrogen and oxygen atoms in total. The quantitative estimate of drug-likeness (QED) is 0.694. The average molecular weight is 305 g/mol. The fourth-order valence-electron chi connectivity index (χ4n) is 2.48. The number of aromatic nitrogens is 2. The lowest BCUT2D eigenvalue weighted by Gasteiger charge is -2.09. The smallest absolute Gasteiger partial charge is 0.154 e. The summed E-state index contributed by atoms with van der Waals surface area (Å²) >= 11 is 0. The zero-order valence-corrected chi connectivity index (χ0v) is 12.3. The van der Waals surface area contributed by atoms with Crippen LogP contribution in [0.4, 0.5) is 4.39 Å². The monoisotopic (exact) mass is 305 g/mol. The van der Waals surface area contributed by atoms with Crippen molar-refractivity contribution in [3.8, 4) is 23.0 Å². The van der Waals surface area contributed by atoms with Gasteiger partial charge >= 0.3 is 0 Å². The molecule has 3 aromatic rings. The number of halogens is 1. The molecule has 0 atom stereocenters. The minimum absolute atomic E-state index is 0.194. The van der Waals surface area contributed by atoms with Crippen molar-refractivity contribution in [3.63, 3.8) is 0 Å². The van der Waals surface area contributed by atoms with E-state index in [1.165, 1.54) is 16.8 Å². The van der Waals surface area contributed by atoms with E-state index in [9.17, 15) is 9.18 Å². The molecule has 3 rings (SSSR count). The standard InChI is InChI=1S/C18H12FN3O/c1-12-15(11-23)18(14-5-3-2-4-6-14)22(21-12)17-8-7-13(10-20)9-16(17)19/h2-9,11H,1H3. The first-order valence-electron chi connectivity index (χ1n) is 6.96. The second-order valence-corrected chi connectivity index (χ2v) is 5.02. The molecule has 0 bridgehead atoms. The van der Waals surface area contributed by atoms with Crippen molar-refractivity contribution < 1.29 is 9.18 Å². The van der Waals surface area contributed by atoms with E-state index < -0.39 is 5.82 Å². The third-order valence-corrected chi connectivity index (χ3v) is 3.58. The maximum atomic E-state index is 14.4. The highest BCUT2D eigenvalue weighted by Gasteiger charge is 2.19. The number of nitrogens with zero attached hydrogens (tertiary/aromatic N) is 3. The molecule has 0 fully saturated rings. The Hall–Kier alpha value is -3.26. The topological polar surface area (TPSA) is 58.7 Å². The Balaban J connectivity index is 2.29. The van der Waals surface area contributed by atoms with Crippen LogP contribution in [0, 0.1) is 24.1 Å². The summed E-state index contributed by atoms with van der Waals surface area (Å²) in [5.74, 6) is -0.568. The second kappa shape index (κ2) is 5.85.